The number of halogens is 2. The van der Waals surface area contributed by atoms with Gasteiger partial charge in [-0.05, 0) is 12.5 Å². The fourth-order valence-electron chi connectivity index (χ4n) is 1.34. The first kappa shape index (κ1) is 23.5. The minimum atomic E-state index is -0.613. The van der Waals surface area contributed by atoms with Gasteiger partial charge >= 0.3 is 21.7 Å². The minimum absolute atomic E-state index is 0. The Hall–Kier alpha value is -0.536. The molecule has 1 amide bonds. The Morgan fingerprint density at radius 2 is 1.79 bits per heavy atom. The Labute approximate surface area is 142 Å². The van der Waals surface area contributed by atoms with Crippen molar-refractivity contribution in [3.8, 4) is 0 Å². The van der Waals surface area contributed by atoms with Crippen molar-refractivity contribution in [3.63, 3.8) is 0 Å². The van der Waals surface area contributed by atoms with Gasteiger partial charge in [0.1, 0.15) is 0 Å². The summed E-state index contributed by atoms with van der Waals surface area (Å²) in [6, 6.07) is 7.09. The van der Waals surface area contributed by atoms with Crippen LogP contribution in [0.4, 0.5) is 0 Å². The SMILES string of the molecule is CC1=[C-]CC=C1.Cc1ccccc1C([NH-])=O.[Cl-].[Cl-].[Ti+4]. The zero-order valence-electron chi connectivity index (χ0n) is 10.8. The number of allylic oxidation sites excluding steroid dienone is 4. The van der Waals surface area contributed by atoms with E-state index in [1.807, 2.05) is 19.1 Å². The molecule has 0 unspecified atom stereocenters. The molecule has 0 spiro atoms. The molecule has 0 fully saturated rings. The van der Waals surface area contributed by atoms with Crippen molar-refractivity contribution in [2.45, 2.75) is 20.3 Å². The maximum absolute atomic E-state index is 10.5. The van der Waals surface area contributed by atoms with Gasteiger partial charge in [0.25, 0.3) is 0 Å². The Kier molecular flexibility index (Phi) is 15.5. The van der Waals surface area contributed by atoms with Crippen LogP contribution in [0, 0.1) is 13.0 Å². The second kappa shape index (κ2) is 12.5. The van der Waals surface area contributed by atoms with Crippen LogP contribution in [0.1, 0.15) is 29.3 Å². The van der Waals surface area contributed by atoms with Gasteiger partial charge in [-0.25, -0.2) is 11.6 Å². The van der Waals surface area contributed by atoms with Crippen LogP contribution < -0.4 is 24.8 Å². The molecule has 0 heterocycles. The van der Waals surface area contributed by atoms with Crippen LogP contribution in [0.2, 0.25) is 0 Å². The number of nitrogens with one attached hydrogen (secondary N) is 1. The van der Waals surface area contributed by atoms with Crippen LogP contribution in [0.15, 0.2) is 42.0 Å². The van der Waals surface area contributed by atoms with E-state index in [-0.39, 0.29) is 46.5 Å². The number of amides is 1. The van der Waals surface area contributed by atoms with Crippen molar-refractivity contribution in [2.24, 2.45) is 0 Å². The topological polar surface area (TPSA) is 40.9 Å². The first-order valence-corrected chi connectivity index (χ1v) is 5.17. The van der Waals surface area contributed by atoms with Crippen LogP contribution in [0.25, 0.3) is 5.73 Å². The van der Waals surface area contributed by atoms with Crippen LogP contribution >= 0.6 is 0 Å². The molecule has 5 heteroatoms. The van der Waals surface area contributed by atoms with E-state index in [4.69, 9.17) is 5.73 Å². The Bertz CT molecular complexity index is 442. The average Bonchev–Trinajstić information content (AvgIpc) is 2.70. The Balaban J connectivity index is -0.000000252. The van der Waals surface area contributed by atoms with Crippen molar-refractivity contribution in [2.75, 3.05) is 0 Å². The van der Waals surface area contributed by atoms with Gasteiger partial charge in [-0.2, -0.15) is 6.08 Å². The largest absolute Gasteiger partial charge is 4.00 e. The fraction of sp³-hybridized carbons (Fsp3) is 0.214. The van der Waals surface area contributed by atoms with Gasteiger partial charge in [0.2, 0.25) is 0 Å². The number of carbonyl (C=O) groups is 1. The van der Waals surface area contributed by atoms with Gasteiger partial charge in [0, 0.05) is 5.56 Å². The summed E-state index contributed by atoms with van der Waals surface area (Å²) < 4.78 is 0. The summed E-state index contributed by atoms with van der Waals surface area (Å²) >= 11 is 0. The number of carbonyl (C=O) groups excluding carboxylic acids is 1. The number of aryl methyl sites for hydroxylation is 1. The number of benzene rings is 1. The average molecular weight is 332 g/mol. The normalized spacial score (nSPS) is 10.7. The van der Waals surface area contributed by atoms with E-state index in [0.29, 0.717) is 5.56 Å². The zero-order valence-corrected chi connectivity index (χ0v) is 13.9. The molecule has 1 aromatic carbocycles. The Morgan fingerprint density at radius 3 is 2.05 bits per heavy atom. The van der Waals surface area contributed by atoms with Crippen molar-refractivity contribution in [1.29, 1.82) is 0 Å². The van der Waals surface area contributed by atoms with Crippen molar-refractivity contribution in [1.82, 2.24) is 0 Å². The monoisotopic (exact) mass is 331 g/mol. The Morgan fingerprint density at radius 1 is 1.21 bits per heavy atom. The van der Waals surface area contributed by atoms with Gasteiger partial charge in [-0.1, -0.05) is 31.2 Å². The first-order chi connectivity index (χ1) is 7.61. The van der Waals surface area contributed by atoms with Crippen LogP contribution in [0.5, 0.6) is 0 Å². The second-order valence-electron chi connectivity index (χ2n) is 3.61. The molecular weight excluding hydrogens is 317 g/mol. The van der Waals surface area contributed by atoms with Gasteiger partial charge in [0.05, 0.1) is 5.91 Å². The molecule has 0 radical (unpaired) electrons. The van der Waals surface area contributed by atoms with E-state index in [1.54, 1.807) is 12.1 Å². The summed E-state index contributed by atoms with van der Waals surface area (Å²) in [5.41, 5.74) is 9.45. The molecule has 1 aliphatic carbocycles. The molecular formula is C14H15Cl2NOTi. The third-order valence-electron chi connectivity index (χ3n) is 2.26. The van der Waals surface area contributed by atoms with Crippen molar-refractivity contribution >= 4 is 5.91 Å². The van der Waals surface area contributed by atoms with Crippen molar-refractivity contribution < 1.29 is 51.3 Å². The number of hydrogen-bond acceptors (Lipinski definition) is 1. The smallest absolute Gasteiger partial charge is 1.00 e. The van der Waals surface area contributed by atoms with E-state index in [1.165, 1.54) is 5.57 Å². The first-order valence-electron chi connectivity index (χ1n) is 5.17. The van der Waals surface area contributed by atoms with Crippen LogP contribution in [-0.2, 0) is 21.7 Å². The molecule has 0 saturated heterocycles. The van der Waals surface area contributed by atoms with Gasteiger partial charge in [-0.15, -0.1) is 6.42 Å². The second-order valence-corrected chi connectivity index (χ2v) is 3.61. The molecule has 19 heavy (non-hydrogen) atoms. The van der Waals surface area contributed by atoms with E-state index < -0.39 is 5.91 Å². The van der Waals surface area contributed by atoms with Gasteiger partial charge < -0.3 is 35.3 Å². The molecule has 100 valence electrons. The van der Waals surface area contributed by atoms with E-state index in [2.05, 4.69) is 25.2 Å². The predicted octanol–water partition coefficient (Wildman–Crippen LogP) is -2.11. The minimum Gasteiger partial charge on any atom is -1.00 e. The molecule has 0 atom stereocenters. The number of rotatable bonds is 1. The maximum atomic E-state index is 10.5. The summed E-state index contributed by atoms with van der Waals surface area (Å²) in [5.74, 6) is -0.613. The molecule has 0 saturated carbocycles. The summed E-state index contributed by atoms with van der Waals surface area (Å²) in [4.78, 5) is 10.5. The standard InChI is InChI=1S/C8H9NO.C6H7.2ClH.Ti/c1-6-4-2-3-5-7(6)8(9)10;1-6-4-2-3-5-6;;;/h2-5H,1H3,(H2,9,10);2,4H,3H2,1H3;2*1H;/q;-1;;;+4/p-3. The summed E-state index contributed by atoms with van der Waals surface area (Å²) in [7, 11) is 0. The summed E-state index contributed by atoms with van der Waals surface area (Å²) in [6.07, 6.45) is 8.33. The van der Waals surface area contributed by atoms with Crippen molar-refractivity contribution in [3.05, 3.63) is 64.9 Å². The summed E-state index contributed by atoms with van der Waals surface area (Å²) in [5, 5.41) is 0. The molecule has 2 rings (SSSR count). The molecule has 1 aliphatic rings. The third kappa shape index (κ3) is 9.07. The van der Waals surface area contributed by atoms with Crippen LogP contribution in [-0.4, -0.2) is 5.91 Å². The zero-order chi connectivity index (χ0) is 12.0. The van der Waals surface area contributed by atoms with Gasteiger partial charge in [0.15, 0.2) is 0 Å². The molecule has 0 aliphatic heterocycles. The molecule has 1 aromatic rings. The van der Waals surface area contributed by atoms with E-state index >= 15 is 0 Å². The molecule has 0 aromatic heterocycles. The van der Waals surface area contributed by atoms with E-state index in [9.17, 15) is 4.79 Å². The predicted molar refractivity (Wildman–Crippen MR) is 66.0 cm³/mol. The summed E-state index contributed by atoms with van der Waals surface area (Å²) in [6.45, 7) is 3.88. The van der Waals surface area contributed by atoms with Gasteiger partial charge in [-0.3, -0.25) is 6.08 Å². The third-order valence-corrected chi connectivity index (χ3v) is 2.26. The fourth-order valence-corrected chi connectivity index (χ4v) is 1.34. The molecule has 0 bridgehead atoms. The van der Waals surface area contributed by atoms with Crippen LogP contribution in [0.3, 0.4) is 0 Å². The molecule has 1 N–H and O–H groups in total. The molecule has 2 nitrogen and oxygen atoms in total. The maximum Gasteiger partial charge on any atom is 4.00 e. The number of hydrogen-bond donors (Lipinski definition) is 0. The van der Waals surface area contributed by atoms with E-state index in [0.717, 1.165) is 12.0 Å². The quantitative estimate of drug-likeness (QED) is 0.429.